The minimum absolute atomic E-state index is 0.0198. The molecule has 0 saturated carbocycles. The number of likely N-dealkylation sites (tertiary alicyclic amines) is 4. The van der Waals surface area contributed by atoms with Crippen LogP contribution < -0.4 is 18.9 Å². The Hall–Kier alpha value is -15.8. The highest BCUT2D eigenvalue weighted by atomic mass is 19.1. The Morgan fingerprint density at radius 3 is 0.957 bits per heavy atom. The van der Waals surface area contributed by atoms with Crippen molar-refractivity contribution in [2.45, 2.75) is 91.6 Å². The Balaban J connectivity index is 0.000000129. The van der Waals surface area contributed by atoms with E-state index in [0.29, 0.717) is 101 Å². The van der Waals surface area contributed by atoms with Crippen LogP contribution in [0.3, 0.4) is 0 Å². The molecule has 4 N–H and O–H groups in total. The second kappa shape index (κ2) is 43.7. The molecule has 28 heteroatoms. The van der Waals surface area contributed by atoms with Crippen molar-refractivity contribution in [1.82, 2.24) is 49.8 Å². The second-order valence-electron chi connectivity index (χ2n) is 35.1. The van der Waals surface area contributed by atoms with Crippen LogP contribution in [0.4, 0.5) is 8.78 Å². The summed E-state index contributed by atoms with van der Waals surface area (Å²) in [6, 6.07) is 72.5. The summed E-state index contributed by atoms with van der Waals surface area (Å²) < 4.78 is 77.8. The van der Waals surface area contributed by atoms with E-state index in [1.165, 1.54) is 30.3 Å². The molecule has 0 bridgehead atoms. The lowest BCUT2D eigenvalue weighted by atomic mass is 9.94. The second-order valence-corrected chi connectivity index (χ2v) is 35.1. The molecule has 140 heavy (non-hydrogen) atoms. The summed E-state index contributed by atoms with van der Waals surface area (Å²) in [5.74, 6) is 1.59. The van der Waals surface area contributed by atoms with Gasteiger partial charge in [-0.05, 0) is 301 Å². The van der Waals surface area contributed by atoms with Crippen molar-refractivity contribution >= 4 is 23.1 Å². The number of halogens is 2. The van der Waals surface area contributed by atoms with Gasteiger partial charge in [0.15, 0.2) is 46.2 Å². The van der Waals surface area contributed by atoms with E-state index >= 15 is 0 Å². The van der Waals surface area contributed by atoms with Crippen LogP contribution in [0.2, 0.25) is 0 Å². The van der Waals surface area contributed by atoms with Crippen LogP contribution in [0.1, 0.15) is 128 Å². The number of carbonyl (C=O) groups is 4. The number of ketones is 4. The molecule has 16 aromatic rings. The number of hydrogen-bond donors (Lipinski definition) is 4. The average Bonchev–Trinajstić information content (AvgIpc) is 1.62. The summed E-state index contributed by atoms with van der Waals surface area (Å²) in [5.41, 5.74) is 10.0. The van der Waals surface area contributed by atoms with Gasteiger partial charge in [0, 0.05) is 122 Å². The van der Waals surface area contributed by atoms with Crippen molar-refractivity contribution in [2.24, 2.45) is 7.05 Å². The Labute approximate surface area is 808 Å². The van der Waals surface area contributed by atoms with Crippen LogP contribution in [-0.4, -0.2) is 196 Å². The molecule has 6 aromatic heterocycles. The van der Waals surface area contributed by atoms with Crippen LogP contribution >= 0.6 is 0 Å². The maximum absolute atomic E-state index is 14.7. The van der Waals surface area contributed by atoms with Crippen molar-refractivity contribution in [3.05, 3.63) is 341 Å². The predicted octanol–water partition coefficient (Wildman–Crippen LogP) is 21.3. The van der Waals surface area contributed by atoms with Crippen LogP contribution in [0.5, 0.6) is 46.0 Å². The topological polar surface area (TPSA) is 321 Å². The van der Waals surface area contributed by atoms with Gasteiger partial charge >= 0.3 is 0 Å². The maximum atomic E-state index is 14.7. The lowest BCUT2D eigenvalue weighted by Gasteiger charge is -2.38. The number of nitrogens with zero attached hydrogens (tertiary/aromatic N) is 10. The fraction of sp³-hybridized carbons (Fsp3) is 0.241. The number of aromatic hydroxyl groups is 4. The molecule has 0 amide bonds. The van der Waals surface area contributed by atoms with Crippen molar-refractivity contribution in [1.29, 1.82) is 0 Å². The predicted molar refractivity (Wildman–Crippen MR) is 526 cm³/mol. The number of phenolic OH excluding ortho intramolecular Hbond substituents is 4. The highest BCUT2D eigenvalue weighted by molar-refractivity contribution is 6.18. The molecule has 10 heterocycles. The van der Waals surface area contributed by atoms with E-state index in [1.807, 2.05) is 117 Å². The number of pyridine rings is 1. The first kappa shape index (κ1) is 96.0. The minimum Gasteiger partial charge on any atom is -0.508 e. The lowest BCUT2D eigenvalue weighted by Crippen LogP contribution is -2.53. The average molecular weight is 1890 g/mol. The minimum atomic E-state index is -0.865. The molecule has 10 aromatic carbocycles. The lowest BCUT2D eigenvalue weighted by molar-refractivity contribution is 0.0201. The standard InChI is InChI=1S/C29H28N2O4.C28H24F2N2O4.C28H27N3O4.C27H27N3O4/c1-3-16-31-17-24(18-31)34-23-14-10-20(11-15-23)28(33)26-27(25-7-5-4-6-19(25)2)30-35-29(26)21-8-12-22(32)13-9-21;1-2-14-32-15-21(16-32)35-20-12-8-17(9-13-20)27(34)25-26(24-22(29)4-3-5-23(24)30)31-36-28(25)18-6-10-19(33)11-7-18;1-3-15-31-16-23(17-31)34-22-12-8-19(9-13-22)27(33)24-26(25-18(2)5-4-14-29-25)30-35-28(24)20-6-10-21(32)11-7-20;1-3-14-30-16-22(17-30)33-21-12-8-18(9-13-21)26(32)24-25(23-5-4-15-29(23)2)28-34-27(24)19-6-10-20(31)11-7-19/h4-15,24,32H,3,16-18H2,1-2H3;3-13,21,33H,2,14-16H2,1H3;4-14,23,32H,3,15-17H2,1-2H3;4-13,15,22,31H,3,14,16-17H2,1-2H3. The van der Waals surface area contributed by atoms with Crippen molar-refractivity contribution in [2.75, 3.05) is 78.5 Å². The molecule has 0 atom stereocenters. The van der Waals surface area contributed by atoms with Crippen LogP contribution in [0, 0.1) is 25.5 Å². The molecule has 0 spiro atoms. The normalized spacial score (nSPS) is 14.0. The number of aryl methyl sites for hydroxylation is 3. The Morgan fingerprint density at radius 1 is 0.336 bits per heavy atom. The molecular formula is C112H106F2N10O16. The van der Waals surface area contributed by atoms with Gasteiger partial charge < -0.3 is 62.0 Å². The van der Waals surface area contributed by atoms with Gasteiger partial charge in [-0.3, -0.25) is 43.8 Å². The van der Waals surface area contributed by atoms with Gasteiger partial charge in [0.25, 0.3) is 0 Å². The summed E-state index contributed by atoms with van der Waals surface area (Å²) in [5, 5.41) is 55.4. The number of benzene rings is 10. The van der Waals surface area contributed by atoms with E-state index in [1.54, 1.807) is 140 Å². The molecule has 4 aliphatic heterocycles. The van der Waals surface area contributed by atoms with Gasteiger partial charge in [0.2, 0.25) is 0 Å². The SMILES string of the molecule is CCCN1CC(Oc2ccc(C(=O)c3c(-c4c(F)cccc4F)noc3-c3ccc(O)cc3)cc2)C1.CCCN1CC(Oc2ccc(C(=O)c3c(-c4ccccc4C)noc3-c3ccc(O)cc3)cc2)C1.CCCN1CC(Oc2ccc(C(=O)c3c(-c4cccn4C)noc3-c3ccc(O)cc3)cc2)C1.CCCN1CC(Oc2ccc(C(=O)c3c(-c4ncccc4C)noc3-c3ccc(O)cc3)cc2)C1. The molecule has 4 aliphatic rings. The van der Waals surface area contributed by atoms with Crippen molar-refractivity contribution < 1.29 is 85.4 Å². The van der Waals surface area contributed by atoms with Crippen LogP contribution in [-0.2, 0) is 7.05 Å². The summed E-state index contributed by atoms with van der Waals surface area (Å²) >= 11 is 0. The zero-order chi connectivity index (χ0) is 97.6. The highest BCUT2D eigenvalue weighted by Gasteiger charge is 2.37. The summed E-state index contributed by atoms with van der Waals surface area (Å²) in [7, 11) is 1.90. The van der Waals surface area contributed by atoms with E-state index in [0.717, 1.165) is 156 Å². The highest BCUT2D eigenvalue weighted by Crippen LogP contribution is 2.43. The first-order valence-electron chi connectivity index (χ1n) is 46.9. The largest absolute Gasteiger partial charge is 0.508 e. The molecule has 0 aliphatic carbocycles. The van der Waals surface area contributed by atoms with E-state index in [4.69, 9.17) is 37.0 Å². The third kappa shape index (κ3) is 21.9. The maximum Gasteiger partial charge on any atom is 0.199 e. The van der Waals surface area contributed by atoms with Crippen molar-refractivity contribution in [3.8, 4) is 137 Å². The molecule has 714 valence electrons. The third-order valence-corrected chi connectivity index (χ3v) is 24.7. The molecule has 0 unspecified atom stereocenters. The van der Waals surface area contributed by atoms with Gasteiger partial charge in [-0.2, -0.15) is 0 Å². The summed E-state index contributed by atoms with van der Waals surface area (Å²) in [4.78, 5) is 68.8. The number of aromatic nitrogens is 6. The van der Waals surface area contributed by atoms with Gasteiger partial charge in [-0.15, -0.1) is 0 Å². The van der Waals surface area contributed by atoms with Gasteiger partial charge in [0.1, 0.15) is 105 Å². The van der Waals surface area contributed by atoms with E-state index in [2.05, 4.69) is 72.9 Å². The Morgan fingerprint density at radius 2 is 0.636 bits per heavy atom. The molecule has 20 rings (SSSR count). The van der Waals surface area contributed by atoms with Crippen molar-refractivity contribution in [3.63, 3.8) is 0 Å². The zero-order valence-corrected chi connectivity index (χ0v) is 78.5. The van der Waals surface area contributed by atoms with E-state index < -0.39 is 23.0 Å². The first-order chi connectivity index (χ1) is 68.0. The van der Waals surface area contributed by atoms with Crippen LogP contribution in [0.25, 0.3) is 90.6 Å². The van der Waals surface area contributed by atoms with E-state index in [-0.39, 0.29) is 87.3 Å². The number of ether oxygens (including phenoxy) is 4. The molecule has 0 radical (unpaired) electrons. The van der Waals surface area contributed by atoms with Gasteiger partial charge in [-0.1, -0.05) is 84.7 Å². The fourth-order valence-electron chi connectivity index (χ4n) is 17.4. The molecule has 4 saturated heterocycles. The van der Waals surface area contributed by atoms with Crippen LogP contribution in [0.15, 0.2) is 291 Å². The smallest absolute Gasteiger partial charge is 0.199 e. The third-order valence-electron chi connectivity index (χ3n) is 24.7. The van der Waals surface area contributed by atoms with Gasteiger partial charge in [-0.25, -0.2) is 8.78 Å². The number of rotatable bonds is 32. The summed E-state index contributed by atoms with van der Waals surface area (Å²) in [6.45, 7) is 24.2. The molecule has 26 nitrogen and oxygen atoms in total. The van der Waals surface area contributed by atoms with E-state index in [9.17, 15) is 48.4 Å². The number of carbonyl (C=O) groups excluding carboxylic acids is 4. The fourth-order valence-corrected chi connectivity index (χ4v) is 17.4. The summed E-state index contributed by atoms with van der Waals surface area (Å²) in [6.07, 6.45) is 8.74. The Bertz CT molecular complexity index is 6750. The number of hydrogen-bond acceptors (Lipinski definition) is 25. The molecule has 4 fully saturated rings. The molecular weight excluding hydrogens is 1780 g/mol. The first-order valence-corrected chi connectivity index (χ1v) is 46.9. The monoisotopic (exact) mass is 1880 g/mol. The quantitative estimate of drug-likeness (QED) is 0.0285. The van der Waals surface area contributed by atoms with Gasteiger partial charge in [0.05, 0.1) is 39.2 Å². The number of phenols is 4. The Kier molecular flexibility index (Phi) is 30.0. The zero-order valence-electron chi connectivity index (χ0n) is 78.5.